The molecular formula is C26H31FN2O4S. The Balaban J connectivity index is 1.51. The lowest BCUT2D eigenvalue weighted by molar-refractivity contribution is -0.157. The first kappa shape index (κ1) is 23.5. The summed E-state index contributed by atoms with van der Waals surface area (Å²) in [7, 11) is -3.57. The SMILES string of the molecule is CC(C)S(=O)(=O)N[C@@H]1[C@H](Cc2cccc(-c3ccccc3)c2F)N(C(=O)[C@H]2CCO2)CC12CC2. The third-order valence-corrected chi connectivity index (χ3v) is 9.41. The first-order valence-corrected chi connectivity index (χ1v) is 13.5. The Kier molecular flexibility index (Phi) is 6.02. The standard InChI is InChI=1S/C26H31FN2O4S/c1-17(2)34(31,32)28-24-21(29(16-26(24)12-13-26)25(30)22-11-14-33-22)15-19-9-6-10-20(23(19)27)18-7-4-3-5-8-18/h3-10,17,21-22,24,28H,11-16H2,1-2H3/t21-,22+,24+/m0/s1. The molecule has 2 aromatic carbocycles. The molecule has 0 aromatic heterocycles. The van der Waals surface area contributed by atoms with Gasteiger partial charge in [0.2, 0.25) is 10.0 Å². The van der Waals surface area contributed by atoms with Crippen molar-refractivity contribution in [1.29, 1.82) is 0 Å². The minimum Gasteiger partial charge on any atom is -0.368 e. The monoisotopic (exact) mass is 486 g/mol. The molecule has 1 amide bonds. The first-order chi connectivity index (χ1) is 16.2. The molecule has 2 saturated heterocycles. The van der Waals surface area contributed by atoms with Crippen LogP contribution in [0, 0.1) is 11.2 Å². The number of halogens is 1. The van der Waals surface area contributed by atoms with Crippen LogP contribution >= 0.6 is 0 Å². The lowest BCUT2D eigenvalue weighted by atomic mass is 9.91. The minimum absolute atomic E-state index is 0.117. The van der Waals surface area contributed by atoms with E-state index >= 15 is 4.39 Å². The number of carbonyl (C=O) groups is 1. The smallest absolute Gasteiger partial charge is 0.252 e. The van der Waals surface area contributed by atoms with Gasteiger partial charge in [0.15, 0.2) is 0 Å². The molecule has 1 spiro atoms. The first-order valence-electron chi connectivity index (χ1n) is 12.0. The number of amides is 1. The van der Waals surface area contributed by atoms with Crippen molar-refractivity contribution in [3.05, 3.63) is 59.9 Å². The van der Waals surface area contributed by atoms with Gasteiger partial charge < -0.3 is 9.64 Å². The zero-order valence-electron chi connectivity index (χ0n) is 19.5. The third kappa shape index (κ3) is 4.16. The Morgan fingerprint density at radius 3 is 2.47 bits per heavy atom. The van der Waals surface area contributed by atoms with E-state index in [1.807, 2.05) is 36.4 Å². The Morgan fingerprint density at radius 2 is 1.88 bits per heavy atom. The van der Waals surface area contributed by atoms with Crippen LogP contribution in [0.3, 0.4) is 0 Å². The van der Waals surface area contributed by atoms with Crippen molar-refractivity contribution in [1.82, 2.24) is 9.62 Å². The van der Waals surface area contributed by atoms with E-state index in [0.717, 1.165) is 18.4 Å². The minimum atomic E-state index is -3.57. The molecule has 2 aliphatic heterocycles. The van der Waals surface area contributed by atoms with Crippen LogP contribution in [-0.4, -0.2) is 55.8 Å². The molecule has 0 unspecified atom stereocenters. The largest absolute Gasteiger partial charge is 0.368 e. The summed E-state index contributed by atoms with van der Waals surface area (Å²) in [5.41, 5.74) is 1.46. The fourth-order valence-corrected chi connectivity index (χ4v) is 6.21. The molecule has 8 heteroatoms. The van der Waals surface area contributed by atoms with E-state index in [4.69, 9.17) is 4.74 Å². The van der Waals surface area contributed by atoms with Crippen LogP contribution in [0.15, 0.2) is 48.5 Å². The lowest BCUT2D eigenvalue weighted by Gasteiger charge is -2.34. The third-order valence-electron chi connectivity index (χ3n) is 7.58. The van der Waals surface area contributed by atoms with Gasteiger partial charge in [0.1, 0.15) is 11.9 Å². The number of hydrogen-bond acceptors (Lipinski definition) is 4. The molecule has 1 aliphatic carbocycles. The number of sulfonamides is 1. The highest BCUT2D eigenvalue weighted by atomic mass is 32.2. The summed E-state index contributed by atoms with van der Waals surface area (Å²) < 4.78 is 49.8. The van der Waals surface area contributed by atoms with E-state index in [2.05, 4.69) is 4.72 Å². The molecule has 1 saturated carbocycles. The number of likely N-dealkylation sites (tertiary alicyclic amines) is 1. The summed E-state index contributed by atoms with van der Waals surface area (Å²) in [6.45, 7) is 4.30. The molecule has 5 rings (SSSR count). The van der Waals surface area contributed by atoms with Crippen LogP contribution in [0.4, 0.5) is 4.39 Å². The van der Waals surface area contributed by atoms with Crippen LogP contribution < -0.4 is 4.72 Å². The summed E-state index contributed by atoms with van der Waals surface area (Å²) >= 11 is 0. The van der Waals surface area contributed by atoms with Crippen molar-refractivity contribution >= 4 is 15.9 Å². The van der Waals surface area contributed by atoms with Crippen molar-refractivity contribution in [3.63, 3.8) is 0 Å². The number of nitrogens with zero attached hydrogens (tertiary/aromatic N) is 1. The van der Waals surface area contributed by atoms with Gasteiger partial charge in [0, 0.05) is 30.0 Å². The van der Waals surface area contributed by atoms with Crippen LogP contribution in [-0.2, 0) is 26.0 Å². The normalized spacial score (nSPS) is 25.5. The predicted molar refractivity (Wildman–Crippen MR) is 128 cm³/mol. The number of carbonyl (C=O) groups excluding carboxylic acids is 1. The predicted octanol–water partition coefficient (Wildman–Crippen LogP) is 3.51. The van der Waals surface area contributed by atoms with Gasteiger partial charge in [0.25, 0.3) is 5.91 Å². The van der Waals surface area contributed by atoms with Gasteiger partial charge in [-0.2, -0.15) is 0 Å². The Hall–Kier alpha value is -2.29. The number of rotatable bonds is 7. The quantitative estimate of drug-likeness (QED) is 0.650. The molecular weight excluding hydrogens is 455 g/mol. The van der Waals surface area contributed by atoms with Gasteiger partial charge in [-0.3, -0.25) is 4.79 Å². The molecule has 1 N–H and O–H groups in total. The number of ether oxygens (including phenoxy) is 1. The van der Waals surface area contributed by atoms with Crippen LogP contribution in [0.5, 0.6) is 0 Å². The second-order valence-corrected chi connectivity index (χ2v) is 12.4. The summed E-state index contributed by atoms with van der Waals surface area (Å²) in [6, 6.07) is 13.7. The molecule has 0 bridgehead atoms. The summed E-state index contributed by atoms with van der Waals surface area (Å²) in [4.78, 5) is 15.1. The molecule has 6 nitrogen and oxygen atoms in total. The number of hydrogen-bond donors (Lipinski definition) is 1. The molecule has 34 heavy (non-hydrogen) atoms. The van der Waals surface area contributed by atoms with Crippen molar-refractivity contribution in [3.8, 4) is 11.1 Å². The number of nitrogens with one attached hydrogen (secondary N) is 1. The molecule has 0 radical (unpaired) electrons. The molecule has 2 heterocycles. The van der Waals surface area contributed by atoms with E-state index < -0.39 is 33.5 Å². The molecule has 3 fully saturated rings. The van der Waals surface area contributed by atoms with Gasteiger partial charge in [-0.1, -0.05) is 48.5 Å². The lowest BCUT2D eigenvalue weighted by Crippen LogP contribution is -2.53. The van der Waals surface area contributed by atoms with Gasteiger partial charge in [0.05, 0.1) is 17.9 Å². The summed E-state index contributed by atoms with van der Waals surface area (Å²) in [5.74, 6) is -0.448. The highest BCUT2D eigenvalue weighted by Crippen LogP contribution is 2.56. The van der Waals surface area contributed by atoms with Crippen molar-refractivity contribution < 1.29 is 22.3 Å². The van der Waals surface area contributed by atoms with Gasteiger partial charge in [-0.15, -0.1) is 0 Å². The maximum atomic E-state index is 15.7. The van der Waals surface area contributed by atoms with Crippen molar-refractivity contribution in [2.75, 3.05) is 13.2 Å². The zero-order chi connectivity index (χ0) is 24.1. The van der Waals surface area contributed by atoms with Crippen LogP contribution in [0.25, 0.3) is 11.1 Å². The maximum absolute atomic E-state index is 15.7. The fourth-order valence-electron chi connectivity index (χ4n) is 5.18. The van der Waals surface area contributed by atoms with Crippen LogP contribution in [0.2, 0.25) is 0 Å². The average Bonchev–Trinajstić information content (AvgIpc) is 3.49. The molecule has 182 valence electrons. The zero-order valence-corrected chi connectivity index (χ0v) is 20.4. The van der Waals surface area contributed by atoms with E-state index in [0.29, 0.717) is 30.7 Å². The Morgan fingerprint density at radius 1 is 1.18 bits per heavy atom. The van der Waals surface area contributed by atoms with E-state index in [1.165, 1.54) is 0 Å². The van der Waals surface area contributed by atoms with Crippen molar-refractivity contribution in [2.45, 2.75) is 63.0 Å². The van der Waals surface area contributed by atoms with E-state index in [-0.39, 0.29) is 23.6 Å². The summed E-state index contributed by atoms with van der Waals surface area (Å²) in [6.07, 6.45) is 2.10. The fraction of sp³-hybridized carbons (Fsp3) is 0.500. The molecule has 3 aliphatic rings. The van der Waals surface area contributed by atoms with Gasteiger partial charge in [-0.25, -0.2) is 17.5 Å². The maximum Gasteiger partial charge on any atom is 0.252 e. The van der Waals surface area contributed by atoms with Crippen molar-refractivity contribution in [2.24, 2.45) is 5.41 Å². The molecule has 2 aromatic rings. The average molecular weight is 487 g/mol. The van der Waals surface area contributed by atoms with Gasteiger partial charge in [-0.05, 0) is 44.2 Å². The topological polar surface area (TPSA) is 75.7 Å². The Bertz CT molecular complexity index is 1180. The second kappa shape index (κ2) is 8.73. The van der Waals surface area contributed by atoms with Gasteiger partial charge >= 0.3 is 0 Å². The Labute approximate surface area is 200 Å². The van der Waals surface area contributed by atoms with Crippen LogP contribution in [0.1, 0.15) is 38.7 Å². The highest BCUT2D eigenvalue weighted by Gasteiger charge is 2.62. The molecule has 3 atom stereocenters. The summed E-state index contributed by atoms with van der Waals surface area (Å²) in [5, 5.41) is -0.596. The van der Waals surface area contributed by atoms with E-state index in [9.17, 15) is 13.2 Å². The number of benzene rings is 2. The second-order valence-electron chi connectivity index (χ2n) is 10.1. The highest BCUT2D eigenvalue weighted by molar-refractivity contribution is 7.90. The van der Waals surface area contributed by atoms with E-state index in [1.54, 1.807) is 30.9 Å².